The molecule has 1 aliphatic carbocycles. The van der Waals surface area contributed by atoms with E-state index in [1.807, 2.05) is 11.3 Å². The van der Waals surface area contributed by atoms with Crippen molar-refractivity contribution < 1.29 is 4.74 Å². The summed E-state index contributed by atoms with van der Waals surface area (Å²) in [5.74, 6) is 1.66. The van der Waals surface area contributed by atoms with Crippen LogP contribution in [-0.4, -0.2) is 12.1 Å². The van der Waals surface area contributed by atoms with E-state index in [1.54, 1.807) is 23.3 Å². The van der Waals surface area contributed by atoms with Gasteiger partial charge >= 0.3 is 0 Å². The van der Waals surface area contributed by atoms with Crippen LogP contribution in [0, 0.1) is 12.8 Å². The lowest BCUT2D eigenvalue weighted by molar-refractivity contribution is 0.415. The highest BCUT2D eigenvalue weighted by atomic mass is 32.1. The number of methoxy groups -OCH3 is 1. The molecule has 4 aromatic rings. The Morgan fingerprint density at radius 3 is 2.68 bits per heavy atom. The fraction of sp³-hybridized carbons (Fsp3) is 0.292. The third-order valence-corrected chi connectivity index (χ3v) is 7.84. The second-order valence-electron chi connectivity index (χ2n) is 7.70. The number of ether oxygens (including phenoxy) is 1. The molecule has 1 atom stereocenters. The number of thiophene rings is 2. The van der Waals surface area contributed by atoms with Crippen molar-refractivity contribution in [3.05, 3.63) is 57.8 Å². The van der Waals surface area contributed by atoms with Crippen molar-refractivity contribution in [2.75, 3.05) is 7.11 Å². The van der Waals surface area contributed by atoms with Gasteiger partial charge in [-0.1, -0.05) is 25.1 Å². The van der Waals surface area contributed by atoms with E-state index >= 15 is 0 Å². The molecule has 142 valence electrons. The molecular formula is C24H23NOS2. The Kier molecular flexibility index (Phi) is 4.48. The standard InChI is InChI=1S/C24H23NOS2/c1-14-6-11-18-20(13-14)28-24-22(18)21(16-7-9-17(26-3)10-8-16)15(2)23(25-24)19-5-4-12-27-19/h4-5,7-10,12,14H,6,11,13H2,1-3H3. The first-order valence-electron chi connectivity index (χ1n) is 9.79. The molecule has 0 bridgehead atoms. The smallest absolute Gasteiger partial charge is 0.125 e. The lowest BCUT2D eigenvalue weighted by Gasteiger charge is -2.19. The predicted molar refractivity (Wildman–Crippen MR) is 121 cm³/mol. The Hall–Kier alpha value is -2.17. The van der Waals surface area contributed by atoms with Crippen molar-refractivity contribution >= 4 is 32.9 Å². The molecule has 0 aliphatic heterocycles. The number of fused-ring (bicyclic) bond motifs is 3. The third kappa shape index (κ3) is 2.87. The maximum atomic E-state index is 5.38. The van der Waals surface area contributed by atoms with Gasteiger partial charge in [0.25, 0.3) is 0 Å². The van der Waals surface area contributed by atoms with Crippen LogP contribution in [0.3, 0.4) is 0 Å². The Labute approximate surface area is 173 Å². The van der Waals surface area contributed by atoms with Gasteiger partial charge in [0.1, 0.15) is 10.6 Å². The van der Waals surface area contributed by atoms with E-state index < -0.39 is 0 Å². The van der Waals surface area contributed by atoms with Crippen molar-refractivity contribution in [1.82, 2.24) is 4.98 Å². The van der Waals surface area contributed by atoms with Gasteiger partial charge in [-0.2, -0.15) is 0 Å². The zero-order valence-corrected chi connectivity index (χ0v) is 18.0. The van der Waals surface area contributed by atoms with Crippen molar-refractivity contribution in [3.8, 4) is 27.4 Å². The highest BCUT2D eigenvalue weighted by Crippen LogP contribution is 2.45. The summed E-state index contributed by atoms with van der Waals surface area (Å²) in [4.78, 5) is 9.15. The Morgan fingerprint density at radius 1 is 1.14 bits per heavy atom. The average molecular weight is 406 g/mol. The summed E-state index contributed by atoms with van der Waals surface area (Å²) < 4.78 is 5.38. The Morgan fingerprint density at radius 2 is 1.96 bits per heavy atom. The maximum absolute atomic E-state index is 5.38. The van der Waals surface area contributed by atoms with Gasteiger partial charge in [0.2, 0.25) is 0 Å². The van der Waals surface area contributed by atoms with E-state index in [9.17, 15) is 0 Å². The molecule has 0 spiro atoms. The fourth-order valence-electron chi connectivity index (χ4n) is 4.34. The number of hydrogen-bond donors (Lipinski definition) is 0. The first-order valence-corrected chi connectivity index (χ1v) is 11.5. The number of benzene rings is 1. The Bertz CT molecular complexity index is 1140. The zero-order valence-electron chi connectivity index (χ0n) is 16.4. The molecule has 0 N–H and O–H groups in total. The van der Waals surface area contributed by atoms with Gasteiger partial charge in [-0.05, 0) is 77.9 Å². The molecule has 0 fully saturated rings. The SMILES string of the molecule is COc1ccc(-c2c(C)c(-c3cccs3)nc3sc4c(c23)CCC(C)C4)cc1. The molecule has 1 aliphatic rings. The number of pyridine rings is 1. The van der Waals surface area contributed by atoms with E-state index in [-0.39, 0.29) is 0 Å². The predicted octanol–water partition coefficient (Wildman–Crippen LogP) is 7.13. The van der Waals surface area contributed by atoms with Crippen LogP contribution in [0.4, 0.5) is 0 Å². The molecule has 28 heavy (non-hydrogen) atoms. The molecule has 0 radical (unpaired) electrons. The van der Waals surface area contributed by atoms with E-state index in [0.29, 0.717) is 0 Å². The van der Waals surface area contributed by atoms with Crippen LogP contribution in [0.1, 0.15) is 29.3 Å². The number of aromatic nitrogens is 1. The monoisotopic (exact) mass is 405 g/mol. The molecule has 3 aromatic heterocycles. The molecule has 4 heteroatoms. The highest BCUT2D eigenvalue weighted by Gasteiger charge is 2.25. The minimum atomic E-state index is 0.767. The van der Waals surface area contributed by atoms with Gasteiger partial charge < -0.3 is 4.74 Å². The summed E-state index contributed by atoms with van der Waals surface area (Å²) in [6.45, 7) is 4.60. The quantitative estimate of drug-likeness (QED) is 0.361. The summed E-state index contributed by atoms with van der Waals surface area (Å²) in [6, 6.07) is 12.8. The van der Waals surface area contributed by atoms with Crippen LogP contribution in [0.15, 0.2) is 41.8 Å². The largest absolute Gasteiger partial charge is 0.497 e. The molecule has 2 nitrogen and oxygen atoms in total. The highest BCUT2D eigenvalue weighted by molar-refractivity contribution is 7.19. The van der Waals surface area contributed by atoms with Gasteiger partial charge in [-0.3, -0.25) is 0 Å². The number of aryl methyl sites for hydroxylation is 1. The number of hydrogen-bond acceptors (Lipinski definition) is 4. The van der Waals surface area contributed by atoms with Gasteiger partial charge in [0.15, 0.2) is 0 Å². The molecule has 1 aromatic carbocycles. The molecular weight excluding hydrogens is 382 g/mol. The second kappa shape index (κ2) is 7.02. The van der Waals surface area contributed by atoms with Crippen molar-refractivity contribution in [1.29, 1.82) is 0 Å². The zero-order chi connectivity index (χ0) is 19.3. The minimum Gasteiger partial charge on any atom is -0.497 e. The topological polar surface area (TPSA) is 22.1 Å². The summed E-state index contributed by atoms with van der Waals surface area (Å²) in [7, 11) is 1.72. The normalized spacial score (nSPS) is 16.3. The van der Waals surface area contributed by atoms with E-state index in [2.05, 4.69) is 55.6 Å². The van der Waals surface area contributed by atoms with Gasteiger partial charge in [-0.15, -0.1) is 22.7 Å². The second-order valence-corrected chi connectivity index (χ2v) is 9.73. The summed E-state index contributed by atoms with van der Waals surface area (Å²) in [5.41, 5.74) is 6.54. The Balaban J connectivity index is 1.82. The van der Waals surface area contributed by atoms with Crippen LogP contribution in [0.5, 0.6) is 5.75 Å². The van der Waals surface area contributed by atoms with E-state index in [4.69, 9.17) is 9.72 Å². The molecule has 5 rings (SSSR count). The molecule has 0 amide bonds. The van der Waals surface area contributed by atoms with Crippen LogP contribution in [-0.2, 0) is 12.8 Å². The van der Waals surface area contributed by atoms with Crippen molar-refractivity contribution in [3.63, 3.8) is 0 Å². The lowest BCUT2D eigenvalue weighted by Crippen LogP contribution is -2.08. The molecule has 1 unspecified atom stereocenters. The summed E-state index contributed by atoms with van der Waals surface area (Å²) in [5, 5.41) is 3.52. The maximum Gasteiger partial charge on any atom is 0.125 e. The van der Waals surface area contributed by atoms with Crippen molar-refractivity contribution in [2.24, 2.45) is 5.92 Å². The van der Waals surface area contributed by atoms with Crippen LogP contribution < -0.4 is 4.74 Å². The lowest BCUT2D eigenvalue weighted by atomic mass is 9.86. The fourth-order valence-corrected chi connectivity index (χ4v) is 6.50. The van der Waals surface area contributed by atoms with Gasteiger partial charge in [0.05, 0.1) is 17.7 Å². The van der Waals surface area contributed by atoms with E-state index in [1.165, 1.54) is 56.6 Å². The number of nitrogens with zero attached hydrogens (tertiary/aromatic N) is 1. The first-order chi connectivity index (χ1) is 13.7. The van der Waals surface area contributed by atoms with Crippen LogP contribution in [0.25, 0.3) is 31.9 Å². The average Bonchev–Trinajstić information content (AvgIpc) is 3.35. The van der Waals surface area contributed by atoms with Crippen LogP contribution >= 0.6 is 22.7 Å². The molecule has 3 heterocycles. The number of rotatable bonds is 3. The third-order valence-electron chi connectivity index (χ3n) is 5.82. The van der Waals surface area contributed by atoms with E-state index in [0.717, 1.165) is 17.4 Å². The summed E-state index contributed by atoms with van der Waals surface area (Å²) in [6.07, 6.45) is 3.62. The summed E-state index contributed by atoms with van der Waals surface area (Å²) >= 11 is 3.68. The first kappa shape index (κ1) is 17.9. The van der Waals surface area contributed by atoms with Crippen LogP contribution in [0.2, 0.25) is 0 Å². The van der Waals surface area contributed by atoms with Crippen molar-refractivity contribution in [2.45, 2.75) is 33.1 Å². The molecule has 0 saturated carbocycles. The van der Waals surface area contributed by atoms with Gasteiger partial charge in [0, 0.05) is 10.3 Å². The minimum absolute atomic E-state index is 0.767. The van der Waals surface area contributed by atoms with Gasteiger partial charge in [-0.25, -0.2) is 4.98 Å². The molecule has 0 saturated heterocycles.